The van der Waals surface area contributed by atoms with Crippen molar-refractivity contribution in [1.29, 1.82) is 0 Å². The second kappa shape index (κ2) is 8.16. The van der Waals surface area contributed by atoms with Crippen LogP contribution < -0.4 is 10.6 Å². The van der Waals surface area contributed by atoms with Crippen molar-refractivity contribution < 1.29 is 14.4 Å². The maximum Gasteiger partial charge on any atom is 0.255 e. The number of fused-ring (bicyclic) bond motifs is 1. The highest BCUT2D eigenvalue weighted by Crippen LogP contribution is 2.31. The van der Waals surface area contributed by atoms with Crippen LogP contribution in [0.5, 0.6) is 0 Å². The molecule has 2 saturated heterocycles. The van der Waals surface area contributed by atoms with Crippen LogP contribution in [0, 0.1) is 0 Å². The molecule has 0 radical (unpaired) electrons. The van der Waals surface area contributed by atoms with Crippen molar-refractivity contribution >= 4 is 30.1 Å². The Morgan fingerprint density at radius 3 is 2.63 bits per heavy atom. The van der Waals surface area contributed by atoms with Gasteiger partial charge < -0.3 is 10.2 Å². The molecule has 0 bridgehead atoms. The Morgan fingerprint density at radius 1 is 1.07 bits per heavy atom. The quantitative estimate of drug-likeness (QED) is 0.704. The molecule has 9 nitrogen and oxygen atoms in total. The number of halogens is 1. The summed E-state index contributed by atoms with van der Waals surface area (Å²) in [6.45, 7) is 2.32. The molecule has 5 rings (SSSR count). The molecule has 2 aromatic rings. The fourth-order valence-corrected chi connectivity index (χ4v) is 4.39. The van der Waals surface area contributed by atoms with Gasteiger partial charge in [0.05, 0.1) is 12.2 Å². The topological polar surface area (TPSA) is 109 Å². The summed E-state index contributed by atoms with van der Waals surface area (Å²) in [6.07, 6.45) is 4.64. The third-order valence-electron chi connectivity index (χ3n) is 6.01. The molecular formula is C20H23ClN6O3. The van der Waals surface area contributed by atoms with Gasteiger partial charge in [0, 0.05) is 24.1 Å². The van der Waals surface area contributed by atoms with E-state index in [0.29, 0.717) is 24.6 Å². The predicted molar refractivity (Wildman–Crippen MR) is 110 cm³/mol. The monoisotopic (exact) mass is 430 g/mol. The molecule has 1 aromatic carbocycles. The van der Waals surface area contributed by atoms with Gasteiger partial charge in [0.1, 0.15) is 11.7 Å². The summed E-state index contributed by atoms with van der Waals surface area (Å²) in [4.78, 5) is 37.9. The van der Waals surface area contributed by atoms with E-state index in [2.05, 4.69) is 20.9 Å². The highest BCUT2D eigenvalue weighted by atomic mass is 35.5. The Morgan fingerprint density at radius 2 is 1.87 bits per heavy atom. The zero-order valence-electron chi connectivity index (χ0n) is 16.3. The molecule has 3 aliphatic rings. The fourth-order valence-electron chi connectivity index (χ4n) is 4.39. The van der Waals surface area contributed by atoms with Gasteiger partial charge in [0.25, 0.3) is 5.91 Å². The number of nitrogens with one attached hydrogen (secondary N) is 2. The molecule has 1 aromatic heterocycles. The molecular weight excluding hydrogens is 408 g/mol. The fraction of sp³-hybridized carbons (Fsp3) is 0.450. The molecule has 2 N–H and O–H groups in total. The second-order valence-corrected chi connectivity index (χ2v) is 7.84. The van der Waals surface area contributed by atoms with Gasteiger partial charge in [-0.05, 0) is 50.0 Å². The van der Waals surface area contributed by atoms with Gasteiger partial charge in [0.2, 0.25) is 11.8 Å². The van der Waals surface area contributed by atoms with E-state index in [1.54, 1.807) is 11.0 Å². The van der Waals surface area contributed by atoms with Crippen LogP contribution in [0.2, 0.25) is 0 Å². The third kappa shape index (κ3) is 3.59. The van der Waals surface area contributed by atoms with Crippen molar-refractivity contribution in [3.63, 3.8) is 0 Å². The van der Waals surface area contributed by atoms with Crippen molar-refractivity contribution in [3.05, 3.63) is 35.5 Å². The number of amides is 3. The van der Waals surface area contributed by atoms with Crippen LogP contribution in [0.1, 0.15) is 47.6 Å². The molecule has 158 valence electrons. The van der Waals surface area contributed by atoms with E-state index in [1.165, 1.54) is 0 Å². The molecule has 3 amide bonds. The first kappa shape index (κ1) is 20.5. The largest absolute Gasteiger partial charge is 0.322 e. The lowest BCUT2D eigenvalue weighted by Crippen LogP contribution is -2.52. The summed E-state index contributed by atoms with van der Waals surface area (Å²) < 4.78 is 1.93. The van der Waals surface area contributed by atoms with Crippen LogP contribution in [-0.4, -0.2) is 56.7 Å². The number of carbonyl (C=O) groups is 3. The Hall–Kier alpha value is -2.78. The van der Waals surface area contributed by atoms with Gasteiger partial charge in [-0.25, -0.2) is 4.68 Å². The average Bonchev–Trinajstić information content (AvgIpc) is 3.34. The Labute approximate surface area is 179 Å². The van der Waals surface area contributed by atoms with Crippen molar-refractivity contribution in [2.45, 2.75) is 44.3 Å². The van der Waals surface area contributed by atoms with Gasteiger partial charge in [-0.1, -0.05) is 11.3 Å². The van der Waals surface area contributed by atoms with E-state index in [0.717, 1.165) is 42.8 Å². The molecule has 2 fully saturated rings. The lowest BCUT2D eigenvalue weighted by atomic mass is 10.0. The van der Waals surface area contributed by atoms with E-state index < -0.39 is 11.9 Å². The minimum atomic E-state index is -0.600. The number of aromatic nitrogens is 3. The van der Waals surface area contributed by atoms with Gasteiger partial charge in [-0.3, -0.25) is 19.7 Å². The van der Waals surface area contributed by atoms with Gasteiger partial charge >= 0.3 is 0 Å². The highest BCUT2D eigenvalue weighted by molar-refractivity contribution is 6.05. The van der Waals surface area contributed by atoms with Crippen LogP contribution in [0.15, 0.2) is 24.4 Å². The molecule has 0 spiro atoms. The molecule has 0 aliphatic carbocycles. The molecule has 1 unspecified atom stereocenters. The Balaban J connectivity index is 0.00000218. The molecule has 1 atom stereocenters. The first-order valence-electron chi connectivity index (χ1n) is 10.0. The van der Waals surface area contributed by atoms with E-state index in [4.69, 9.17) is 0 Å². The van der Waals surface area contributed by atoms with Crippen molar-refractivity contribution in [2.75, 3.05) is 13.1 Å². The number of piperidine rings is 2. The maximum atomic E-state index is 12.8. The van der Waals surface area contributed by atoms with Crippen molar-refractivity contribution in [3.8, 4) is 11.3 Å². The smallest absolute Gasteiger partial charge is 0.255 e. The average molecular weight is 431 g/mol. The van der Waals surface area contributed by atoms with Crippen LogP contribution in [0.25, 0.3) is 11.3 Å². The standard InChI is InChI=1S/C20H22N6O3.ClH/c27-18-4-3-17(19(28)22-18)25-10-13-9-12(1-2-15(13)20(25)29)16-11-26(24-23-16)14-5-7-21-8-6-14;/h1-2,9,11,14,17,21H,3-8,10H2,(H,22,27,28);1H. The number of imide groups is 1. The number of rotatable bonds is 3. The summed E-state index contributed by atoms with van der Waals surface area (Å²) in [5.41, 5.74) is 3.15. The zero-order valence-corrected chi connectivity index (χ0v) is 17.2. The van der Waals surface area contributed by atoms with E-state index in [9.17, 15) is 14.4 Å². The van der Waals surface area contributed by atoms with Gasteiger partial charge in [0.15, 0.2) is 0 Å². The minimum Gasteiger partial charge on any atom is -0.322 e. The Kier molecular flexibility index (Phi) is 5.57. The lowest BCUT2D eigenvalue weighted by molar-refractivity contribution is -0.136. The van der Waals surface area contributed by atoms with Crippen LogP contribution >= 0.6 is 12.4 Å². The molecule has 10 heteroatoms. The van der Waals surface area contributed by atoms with E-state index in [-0.39, 0.29) is 30.6 Å². The van der Waals surface area contributed by atoms with Crippen molar-refractivity contribution in [1.82, 2.24) is 30.5 Å². The van der Waals surface area contributed by atoms with Gasteiger partial charge in [-0.2, -0.15) is 0 Å². The second-order valence-electron chi connectivity index (χ2n) is 7.84. The van der Waals surface area contributed by atoms with Gasteiger partial charge in [-0.15, -0.1) is 17.5 Å². The number of hydrogen-bond donors (Lipinski definition) is 2. The highest BCUT2D eigenvalue weighted by Gasteiger charge is 2.39. The molecule has 3 aliphatic heterocycles. The maximum absolute atomic E-state index is 12.8. The van der Waals surface area contributed by atoms with E-state index in [1.807, 2.05) is 23.0 Å². The SMILES string of the molecule is Cl.O=C1CCC(N2Cc3cc(-c4cn(C5CCNCC5)nn4)ccc3C2=O)C(=O)N1. The predicted octanol–water partition coefficient (Wildman–Crippen LogP) is 1.05. The molecule has 4 heterocycles. The Bertz CT molecular complexity index is 1000. The van der Waals surface area contributed by atoms with E-state index >= 15 is 0 Å². The number of nitrogens with zero attached hydrogens (tertiary/aromatic N) is 4. The zero-order chi connectivity index (χ0) is 20.0. The first-order valence-corrected chi connectivity index (χ1v) is 10.0. The summed E-state index contributed by atoms with van der Waals surface area (Å²) >= 11 is 0. The van der Waals surface area contributed by atoms with Crippen LogP contribution in [0.4, 0.5) is 0 Å². The number of benzene rings is 1. The number of hydrogen-bond acceptors (Lipinski definition) is 6. The summed E-state index contributed by atoms with van der Waals surface area (Å²) in [5.74, 6) is -0.846. The third-order valence-corrected chi connectivity index (χ3v) is 6.01. The lowest BCUT2D eigenvalue weighted by Gasteiger charge is -2.29. The summed E-state index contributed by atoms with van der Waals surface area (Å²) in [7, 11) is 0. The summed E-state index contributed by atoms with van der Waals surface area (Å²) in [5, 5.41) is 14.3. The van der Waals surface area contributed by atoms with Crippen LogP contribution in [0.3, 0.4) is 0 Å². The number of carbonyl (C=O) groups excluding carboxylic acids is 3. The van der Waals surface area contributed by atoms with Crippen molar-refractivity contribution in [2.24, 2.45) is 0 Å². The molecule has 30 heavy (non-hydrogen) atoms. The molecule has 0 saturated carbocycles. The first-order chi connectivity index (χ1) is 14.1. The minimum absolute atomic E-state index is 0. The normalized spacial score (nSPS) is 21.9. The van der Waals surface area contributed by atoms with Crippen LogP contribution in [-0.2, 0) is 16.1 Å². The summed E-state index contributed by atoms with van der Waals surface area (Å²) in [6, 6.07) is 5.38.